The largest absolute Gasteiger partial charge is 0.508 e. The summed E-state index contributed by atoms with van der Waals surface area (Å²) in [6.07, 6.45) is 4.55. The second kappa shape index (κ2) is 6.03. The van der Waals surface area contributed by atoms with Gasteiger partial charge in [-0.1, -0.05) is 12.1 Å². The molecule has 0 radical (unpaired) electrons. The van der Waals surface area contributed by atoms with Gasteiger partial charge in [0, 0.05) is 6.61 Å². The molecule has 0 unspecified atom stereocenters. The van der Waals surface area contributed by atoms with Gasteiger partial charge in [0.1, 0.15) is 5.75 Å². The van der Waals surface area contributed by atoms with Crippen LogP contribution in [0.3, 0.4) is 0 Å². The number of phenols is 1. The molecule has 1 fully saturated rings. The van der Waals surface area contributed by atoms with Crippen molar-refractivity contribution in [3.05, 3.63) is 29.8 Å². The van der Waals surface area contributed by atoms with Crippen molar-refractivity contribution in [3.63, 3.8) is 0 Å². The Balaban J connectivity index is 1.74. The summed E-state index contributed by atoms with van der Waals surface area (Å²) in [5, 5.41) is 18.2. The number of aliphatic hydroxyl groups excluding tert-OH is 1. The lowest BCUT2D eigenvalue weighted by atomic mass is 9.88. The molecule has 3 heteroatoms. The van der Waals surface area contributed by atoms with Crippen molar-refractivity contribution in [2.24, 2.45) is 5.92 Å². The first-order valence-electron chi connectivity index (χ1n) is 6.28. The van der Waals surface area contributed by atoms with E-state index in [0.717, 1.165) is 31.2 Å². The average molecular weight is 236 g/mol. The van der Waals surface area contributed by atoms with Gasteiger partial charge in [-0.25, -0.2) is 0 Å². The van der Waals surface area contributed by atoms with Crippen LogP contribution in [0.15, 0.2) is 24.3 Å². The Kier molecular flexibility index (Phi) is 4.40. The third kappa shape index (κ3) is 3.72. The highest BCUT2D eigenvalue weighted by Gasteiger charge is 2.20. The summed E-state index contributed by atoms with van der Waals surface area (Å²) >= 11 is 0. The number of hydrogen-bond donors (Lipinski definition) is 2. The molecule has 2 N–H and O–H groups in total. The van der Waals surface area contributed by atoms with Crippen molar-refractivity contribution < 1.29 is 14.9 Å². The molecule has 0 saturated heterocycles. The van der Waals surface area contributed by atoms with Gasteiger partial charge in [-0.05, 0) is 49.3 Å². The first kappa shape index (κ1) is 12.4. The van der Waals surface area contributed by atoms with Crippen molar-refractivity contribution in [3.8, 4) is 5.75 Å². The molecule has 0 spiro atoms. The minimum absolute atomic E-state index is 0.289. The van der Waals surface area contributed by atoms with E-state index >= 15 is 0 Å². The summed E-state index contributed by atoms with van der Waals surface area (Å²) in [7, 11) is 0. The number of aliphatic hydroxyl groups is 1. The van der Waals surface area contributed by atoms with E-state index in [1.165, 1.54) is 0 Å². The summed E-state index contributed by atoms with van der Waals surface area (Å²) in [5.74, 6) is 0.765. The van der Waals surface area contributed by atoms with Gasteiger partial charge in [-0.2, -0.15) is 0 Å². The van der Waals surface area contributed by atoms with Crippen LogP contribution in [0, 0.1) is 5.92 Å². The summed E-state index contributed by atoms with van der Waals surface area (Å²) in [6, 6.07) is 7.13. The molecule has 1 aromatic rings. The van der Waals surface area contributed by atoms with E-state index < -0.39 is 0 Å². The van der Waals surface area contributed by atoms with E-state index in [0.29, 0.717) is 25.2 Å². The second-order valence-corrected chi connectivity index (χ2v) is 4.80. The summed E-state index contributed by atoms with van der Waals surface area (Å²) in [4.78, 5) is 0. The van der Waals surface area contributed by atoms with Crippen molar-refractivity contribution in [2.45, 2.75) is 38.4 Å². The average Bonchev–Trinajstić information content (AvgIpc) is 2.39. The number of hydrogen-bond acceptors (Lipinski definition) is 3. The lowest BCUT2D eigenvalue weighted by Crippen LogP contribution is -2.23. The molecule has 1 saturated carbocycles. The lowest BCUT2D eigenvalue weighted by molar-refractivity contribution is 0.00119. The molecule has 17 heavy (non-hydrogen) atoms. The maximum Gasteiger partial charge on any atom is 0.115 e. The highest BCUT2D eigenvalue weighted by Crippen LogP contribution is 2.26. The Hall–Kier alpha value is -1.06. The van der Waals surface area contributed by atoms with Gasteiger partial charge >= 0.3 is 0 Å². The fourth-order valence-corrected chi connectivity index (χ4v) is 2.29. The van der Waals surface area contributed by atoms with Gasteiger partial charge in [0.25, 0.3) is 0 Å². The number of aromatic hydroxyl groups is 1. The zero-order valence-electron chi connectivity index (χ0n) is 10.0. The molecular formula is C14H20O3. The van der Waals surface area contributed by atoms with E-state index in [2.05, 4.69) is 0 Å². The molecule has 94 valence electrons. The fraction of sp³-hybridized carbons (Fsp3) is 0.571. The first-order valence-corrected chi connectivity index (χ1v) is 6.28. The number of rotatable bonds is 4. The van der Waals surface area contributed by atoms with Crippen molar-refractivity contribution in [1.82, 2.24) is 0 Å². The summed E-state index contributed by atoms with van der Waals surface area (Å²) in [5.41, 5.74) is 1.09. The minimum atomic E-state index is 0.289. The molecule has 0 bridgehead atoms. The quantitative estimate of drug-likeness (QED) is 0.844. The molecule has 1 aromatic carbocycles. The maximum atomic E-state index is 9.17. The number of benzene rings is 1. The standard InChI is InChI=1S/C14H20O3/c15-9-11-3-7-14(8-4-11)17-10-12-1-5-13(16)6-2-12/h1-2,5-6,11,14-16H,3-4,7-10H2. The Morgan fingerprint density at radius 1 is 1.06 bits per heavy atom. The van der Waals surface area contributed by atoms with Crippen molar-refractivity contribution in [1.29, 1.82) is 0 Å². The molecule has 0 heterocycles. The van der Waals surface area contributed by atoms with E-state index in [4.69, 9.17) is 14.9 Å². The van der Waals surface area contributed by atoms with Crippen molar-refractivity contribution >= 4 is 0 Å². The normalized spacial score (nSPS) is 24.8. The number of ether oxygens (including phenoxy) is 1. The SMILES string of the molecule is OCC1CCC(OCc2ccc(O)cc2)CC1. The van der Waals surface area contributed by atoms with Crippen molar-refractivity contribution in [2.75, 3.05) is 6.61 Å². The van der Waals surface area contributed by atoms with Gasteiger partial charge < -0.3 is 14.9 Å². The van der Waals surface area contributed by atoms with E-state index in [9.17, 15) is 0 Å². The molecular weight excluding hydrogens is 216 g/mol. The Morgan fingerprint density at radius 2 is 1.71 bits per heavy atom. The van der Waals surface area contributed by atoms with Crippen LogP contribution in [0.4, 0.5) is 0 Å². The van der Waals surface area contributed by atoms with Crippen LogP contribution in [0.5, 0.6) is 5.75 Å². The van der Waals surface area contributed by atoms with Gasteiger partial charge in [0.05, 0.1) is 12.7 Å². The summed E-state index contributed by atoms with van der Waals surface area (Å²) in [6.45, 7) is 0.916. The van der Waals surface area contributed by atoms with E-state index in [-0.39, 0.29) is 5.75 Å². The highest BCUT2D eigenvalue weighted by molar-refractivity contribution is 5.25. The lowest BCUT2D eigenvalue weighted by Gasteiger charge is -2.27. The zero-order chi connectivity index (χ0) is 12.1. The molecule has 1 aliphatic carbocycles. The van der Waals surface area contributed by atoms with Gasteiger partial charge in [-0.3, -0.25) is 0 Å². The molecule has 1 aliphatic rings. The third-order valence-corrected chi connectivity index (χ3v) is 3.47. The Morgan fingerprint density at radius 3 is 2.29 bits per heavy atom. The summed E-state index contributed by atoms with van der Waals surface area (Å²) < 4.78 is 5.84. The highest BCUT2D eigenvalue weighted by atomic mass is 16.5. The van der Waals surface area contributed by atoms with Crippen LogP contribution in [0.25, 0.3) is 0 Å². The van der Waals surface area contributed by atoms with Crippen LogP contribution >= 0.6 is 0 Å². The van der Waals surface area contributed by atoms with E-state index in [1.54, 1.807) is 12.1 Å². The molecule has 0 atom stereocenters. The predicted molar refractivity (Wildman–Crippen MR) is 65.7 cm³/mol. The van der Waals surface area contributed by atoms with Gasteiger partial charge in [0.15, 0.2) is 0 Å². The van der Waals surface area contributed by atoms with Crippen LogP contribution in [-0.2, 0) is 11.3 Å². The molecule has 2 rings (SSSR count). The first-order chi connectivity index (χ1) is 8.28. The van der Waals surface area contributed by atoms with Crippen LogP contribution in [0.1, 0.15) is 31.2 Å². The Labute approximate surface area is 102 Å². The van der Waals surface area contributed by atoms with Gasteiger partial charge in [-0.15, -0.1) is 0 Å². The van der Waals surface area contributed by atoms with Gasteiger partial charge in [0.2, 0.25) is 0 Å². The molecule has 0 aromatic heterocycles. The minimum Gasteiger partial charge on any atom is -0.508 e. The van der Waals surface area contributed by atoms with Crippen LogP contribution < -0.4 is 0 Å². The topological polar surface area (TPSA) is 49.7 Å². The van der Waals surface area contributed by atoms with Crippen LogP contribution in [0.2, 0.25) is 0 Å². The fourth-order valence-electron chi connectivity index (χ4n) is 2.29. The molecule has 0 aliphatic heterocycles. The monoisotopic (exact) mass is 236 g/mol. The maximum absolute atomic E-state index is 9.17. The van der Waals surface area contributed by atoms with Crippen LogP contribution in [-0.4, -0.2) is 22.9 Å². The zero-order valence-corrected chi connectivity index (χ0v) is 10.0. The van der Waals surface area contributed by atoms with E-state index in [1.807, 2.05) is 12.1 Å². The molecule has 0 amide bonds. The number of phenolic OH excluding ortho intramolecular Hbond substituents is 1. The Bertz CT molecular complexity index is 326. The third-order valence-electron chi connectivity index (χ3n) is 3.47. The predicted octanol–water partition coefficient (Wildman–Crippen LogP) is 2.46. The molecule has 3 nitrogen and oxygen atoms in total. The smallest absolute Gasteiger partial charge is 0.115 e. The second-order valence-electron chi connectivity index (χ2n) is 4.80.